The van der Waals surface area contributed by atoms with Crippen molar-refractivity contribution in [1.82, 2.24) is 15.5 Å². The van der Waals surface area contributed by atoms with E-state index in [2.05, 4.69) is 29.4 Å². The molecule has 2 atom stereocenters. The van der Waals surface area contributed by atoms with Crippen LogP contribution in [0.15, 0.2) is 0 Å². The maximum absolute atomic E-state index is 12.1. The molecular weight excluding hydrogens is 274 g/mol. The Kier molecular flexibility index (Phi) is 7.27. The summed E-state index contributed by atoms with van der Waals surface area (Å²) in [5, 5.41) is 6.51. The van der Waals surface area contributed by atoms with Crippen LogP contribution in [-0.2, 0) is 4.79 Å². The molecule has 1 amide bonds. The molecule has 0 radical (unpaired) electrons. The summed E-state index contributed by atoms with van der Waals surface area (Å²) in [6.07, 6.45) is 4.50. The van der Waals surface area contributed by atoms with Crippen molar-refractivity contribution in [3.05, 3.63) is 0 Å². The number of nitrogens with zero attached hydrogens (tertiary/aromatic N) is 1. The maximum atomic E-state index is 12.1. The predicted molar refractivity (Wildman–Crippen MR) is 85.3 cm³/mol. The number of amides is 1. The van der Waals surface area contributed by atoms with Crippen LogP contribution in [0.3, 0.4) is 0 Å². The third kappa shape index (κ3) is 4.90. The van der Waals surface area contributed by atoms with E-state index >= 15 is 0 Å². The molecule has 4 nitrogen and oxygen atoms in total. The first-order chi connectivity index (χ1) is 9.13. The summed E-state index contributed by atoms with van der Waals surface area (Å²) in [7, 11) is 0. The van der Waals surface area contributed by atoms with E-state index in [0.717, 1.165) is 58.5 Å². The van der Waals surface area contributed by atoms with Crippen LogP contribution in [-0.4, -0.2) is 50.1 Å². The van der Waals surface area contributed by atoms with E-state index in [4.69, 9.17) is 0 Å². The number of hydrogen-bond acceptors (Lipinski definition) is 3. The summed E-state index contributed by atoms with van der Waals surface area (Å²) in [4.78, 5) is 14.6. The van der Waals surface area contributed by atoms with Crippen molar-refractivity contribution in [3.63, 3.8) is 0 Å². The molecule has 0 aromatic heterocycles. The molecule has 2 fully saturated rings. The van der Waals surface area contributed by atoms with Gasteiger partial charge in [-0.2, -0.15) is 0 Å². The van der Waals surface area contributed by atoms with Gasteiger partial charge >= 0.3 is 0 Å². The summed E-state index contributed by atoms with van der Waals surface area (Å²) >= 11 is 0. The lowest BCUT2D eigenvalue weighted by Crippen LogP contribution is -2.47. The smallest absolute Gasteiger partial charge is 0.224 e. The van der Waals surface area contributed by atoms with Crippen LogP contribution < -0.4 is 10.6 Å². The molecule has 2 aliphatic rings. The fourth-order valence-corrected chi connectivity index (χ4v) is 3.35. The quantitative estimate of drug-likeness (QED) is 0.812. The van der Waals surface area contributed by atoms with Gasteiger partial charge in [0, 0.05) is 26.2 Å². The van der Waals surface area contributed by atoms with Crippen molar-refractivity contribution < 1.29 is 4.79 Å². The van der Waals surface area contributed by atoms with Crippen molar-refractivity contribution in [2.24, 2.45) is 11.3 Å². The predicted octanol–water partition coefficient (Wildman–Crippen LogP) is 1.65. The second kappa shape index (κ2) is 8.20. The number of carbonyl (C=O) groups is 1. The third-order valence-electron chi connectivity index (χ3n) is 4.49. The van der Waals surface area contributed by atoms with E-state index in [1.165, 1.54) is 6.42 Å². The normalized spacial score (nSPS) is 30.8. The Morgan fingerprint density at radius 2 is 2.30 bits per heavy atom. The average molecular weight is 304 g/mol. The summed E-state index contributed by atoms with van der Waals surface area (Å²) in [6, 6.07) is 0. The van der Waals surface area contributed by atoms with E-state index in [1.54, 1.807) is 0 Å². The van der Waals surface area contributed by atoms with Crippen LogP contribution >= 0.6 is 12.4 Å². The fourth-order valence-electron chi connectivity index (χ4n) is 3.35. The molecule has 0 bridgehead atoms. The van der Waals surface area contributed by atoms with Gasteiger partial charge in [-0.15, -0.1) is 12.4 Å². The monoisotopic (exact) mass is 303 g/mol. The molecule has 5 heteroatoms. The first kappa shape index (κ1) is 17.7. The summed E-state index contributed by atoms with van der Waals surface area (Å²) in [5.41, 5.74) is 0.405. The van der Waals surface area contributed by atoms with E-state index < -0.39 is 0 Å². The van der Waals surface area contributed by atoms with Gasteiger partial charge in [0.15, 0.2) is 0 Å². The molecule has 20 heavy (non-hydrogen) atoms. The topological polar surface area (TPSA) is 44.4 Å². The Morgan fingerprint density at radius 3 is 2.95 bits per heavy atom. The molecule has 0 aromatic rings. The molecule has 0 aromatic carbocycles. The van der Waals surface area contributed by atoms with E-state index in [-0.39, 0.29) is 24.2 Å². The number of likely N-dealkylation sites (tertiary alicyclic amines) is 1. The lowest BCUT2D eigenvalue weighted by molar-refractivity contribution is -0.126. The maximum Gasteiger partial charge on any atom is 0.224 e. The molecule has 2 unspecified atom stereocenters. The molecule has 2 rings (SSSR count). The van der Waals surface area contributed by atoms with Gasteiger partial charge in [-0.3, -0.25) is 4.79 Å². The van der Waals surface area contributed by atoms with Gasteiger partial charge in [0.25, 0.3) is 0 Å². The van der Waals surface area contributed by atoms with Gasteiger partial charge in [0.05, 0.1) is 5.92 Å². The minimum absolute atomic E-state index is 0. The Morgan fingerprint density at radius 1 is 1.50 bits per heavy atom. The van der Waals surface area contributed by atoms with Gasteiger partial charge in [-0.05, 0) is 44.2 Å². The number of halogens is 1. The summed E-state index contributed by atoms with van der Waals surface area (Å²) in [6.45, 7) is 10.8. The van der Waals surface area contributed by atoms with Crippen LogP contribution in [0.2, 0.25) is 0 Å². The molecule has 118 valence electrons. The first-order valence-corrected chi connectivity index (χ1v) is 7.84. The standard InChI is InChI=1S/C15H29N3O.ClH/c1-3-7-17-14(19)13-5-4-9-18(10-13)12-15(2)6-8-16-11-15;/h13,16H,3-12H2,1-2H3,(H,17,19);1H. The van der Waals surface area contributed by atoms with E-state index in [0.29, 0.717) is 5.41 Å². The average Bonchev–Trinajstić information content (AvgIpc) is 2.82. The second-order valence-electron chi connectivity index (χ2n) is 6.60. The van der Waals surface area contributed by atoms with Gasteiger partial charge in [0.2, 0.25) is 5.91 Å². The lowest BCUT2D eigenvalue weighted by atomic mass is 9.87. The summed E-state index contributed by atoms with van der Waals surface area (Å²) < 4.78 is 0. The van der Waals surface area contributed by atoms with Gasteiger partial charge in [0.1, 0.15) is 0 Å². The zero-order valence-corrected chi connectivity index (χ0v) is 13.7. The van der Waals surface area contributed by atoms with Crippen molar-refractivity contribution in [1.29, 1.82) is 0 Å². The summed E-state index contributed by atoms with van der Waals surface area (Å²) in [5.74, 6) is 0.472. The van der Waals surface area contributed by atoms with Crippen molar-refractivity contribution in [3.8, 4) is 0 Å². The lowest BCUT2D eigenvalue weighted by Gasteiger charge is -2.37. The molecule has 2 saturated heterocycles. The zero-order chi connectivity index (χ0) is 13.7. The highest BCUT2D eigenvalue weighted by atomic mass is 35.5. The highest BCUT2D eigenvalue weighted by molar-refractivity contribution is 5.85. The zero-order valence-electron chi connectivity index (χ0n) is 12.9. The Labute approximate surface area is 129 Å². The number of carbonyl (C=O) groups excluding carboxylic acids is 1. The highest BCUT2D eigenvalue weighted by Gasteiger charge is 2.33. The second-order valence-corrected chi connectivity index (χ2v) is 6.60. The van der Waals surface area contributed by atoms with Crippen LogP contribution in [0.1, 0.15) is 39.5 Å². The number of rotatable bonds is 5. The molecule has 2 N–H and O–H groups in total. The Bertz CT molecular complexity index is 305. The number of nitrogens with one attached hydrogen (secondary N) is 2. The fraction of sp³-hybridized carbons (Fsp3) is 0.933. The molecule has 0 saturated carbocycles. The minimum atomic E-state index is 0. The number of piperidine rings is 1. The molecular formula is C15H30ClN3O. The molecule has 2 aliphatic heterocycles. The first-order valence-electron chi connectivity index (χ1n) is 7.84. The van der Waals surface area contributed by atoms with E-state index in [1.807, 2.05) is 0 Å². The van der Waals surface area contributed by atoms with Gasteiger partial charge in [-0.25, -0.2) is 0 Å². The SMILES string of the molecule is CCCNC(=O)C1CCCN(CC2(C)CCNC2)C1.Cl. The van der Waals surface area contributed by atoms with E-state index in [9.17, 15) is 4.79 Å². The molecule has 2 heterocycles. The van der Waals surface area contributed by atoms with Crippen molar-refractivity contribution in [2.45, 2.75) is 39.5 Å². The Hall–Kier alpha value is -0.320. The van der Waals surface area contributed by atoms with Crippen LogP contribution in [0, 0.1) is 11.3 Å². The van der Waals surface area contributed by atoms with Crippen LogP contribution in [0.4, 0.5) is 0 Å². The van der Waals surface area contributed by atoms with Gasteiger partial charge < -0.3 is 15.5 Å². The van der Waals surface area contributed by atoms with Crippen molar-refractivity contribution >= 4 is 18.3 Å². The third-order valence-corrected chi connectivity index (χ3v) is 4.49. The molecule has 0 spiro atoms. The molecule has 0 aliphatic carbocycles. The van der Waals surface area contributed by atoms with Crippen LogP contribution in [0.25, 0.3) is 0 Å². The highest BCUT2D eigenvalue weighted by Crippen LogP contribution is 2.28. The van der Waals surface area contributed by atoms with Crippen LogP contribution in [0.5, 0.6) is 0 Å². The minimum Gasteiger partial charge on any atom is -0.356 e. The van der Waals surface area contributed by atoms with Gasteiger partial charge in [-0.1, -0.05) is 13.8 Å². The Balaban J connectivity index is 0.00000200. The number of hydrogen-bond donors (Lipinski definition) is 2. The largest absolute Gasteiger partial charge is 0.356 e. The van der Waals surface area contributed by atoms with Crippen molar-refractivity contribution in [2.75, 3.05) is 39.3 Å².